The maximum Gasteiger partial charge on any atom is 0.255 e. The first-order valence-corrected chi connectivity index (χ1v) is 12.2. The normalized spacial score (nSPS) is 13.6. The van der Waals surface area contributed by atoms with Crippen LogP contribution in [0.1, 0.15) is 21.5 Å². The van der Waals surface area contributed by atoms with E-state index >= 15 is 0 Å². The fraction of sp³-hybridized carbons (Fsp3) is 0.179. The van der Waals surface area contributed by atoms with Crippen molar-refractivity contribution < 1.29 is 14.3 Å². The van der Waals surface area contributed by atoms with Crippen LogP contribution < -0.4 is 20.7 Å². The van der Waals surface area contributed by atoms with E-state index in [0.29, 0.717) is 48.1 Å². The van der Waals surface area contributed by atoms with Crippen molar-refractivity contribution in [3.63, 3.8) is 0 Å². The molecule has 1 fully saturated rings. The first-order valence-electron chi connectivity index (χ1n) is 12.2. The molecule has 1 aliphatic rings. The van der Waals surface area contributed by atoms with Crippen LogP contribution in [-0.4, -0.2) is 46.3 Å². The van der Waals surface area contributed by atoms with Gasteiger partial charge in [0.2, 0.25) is 11.9 Å². The molecule has 3 heterocycles. The SMILES string of the molecule is Cc1ccc(NC(=O)c2ccc(CN3CCNC(=O)C3)cc2)cc1Nc1nccc(-c2ccc[n+]([O-])c2)n1. The molecule has 4 aromatic rings. The van der Waals surface area contributed by atoms with Crippen LogP contribution in [0.5, 0.6) is 0 Å². The van der Waals surface area contributed by atoms with Crippen molar-refractivity contribution in [3.05, 3.63) is 101 Å². The highest BCUT2D eigenvalue weighted by Crippen LogP contribution is 2.24. The number of nitrogens with one attached hydrogen (secondary N) is 3. The number of aromatic nitrogens is 3. The van der Waals surface area contributed by atoms with E-state index in [4.69, 9.17) is 0 Å². The molecule has 0 bridgehead atoms. The Hall–Kier alpha value is -4.83. The molecule has 10 nitrogen and oxygen atoms in total. The van der Waals surface area contributed by atoms with Crippen LogP contribution in [0.25, 0.3) is 11.3 Å². The summed E-state index contributed by atoms with van der Waals surface area (Å²) in [5, 5.41) is 20.6. The molecule has 2 amide bonds. The molecule has 38 heavy (non-hydrogen) atoms. The zero-order valence-corrected chi connectivity index (χ0v) is 20.8. The predicted octanol–water partition coefficient (Wildman–Crippen LogP) is 3.01. The number of aryl methyl sites for hydroxylation is 1. The molecular formula is C28H27N7O3. The van der Waals surface area contributed by atoms with Crippen LogP contribution in [0.3, 0.4) is 0 Å². The van der Waals surface area contributed by atoms with Gasteiger partial charge >= 0.3 is 0 Å². The number of piperazine rings is 1. The van der Waals surface area contributed by atoms with Gasteiger partial charge in [-0.2, -0.15) is 4.73 Å². The molecular weight excluding hydrogens is 482 g/mol. The Kier molecular flexibility index (Phi) is 7.23. The van der Waals surface area contributed by atoms with Gasteiger partial charge in [0.05, 0.1) is 17.8 Å². The standard InChI is InChI=1S/C28H27N7O3/c1-19-4-9-23(15-25(19)33-28-30-11-10-24(32-28)22-3-2-13-35(38)17-22)31-27(37)21-7-5-20(6-8-21)16-34-14-12-29-26(36)18-34/h2-11,13,15,17H,12,14,16,18H2,1H3,(H,29,36)(H,31,37)(H,30,32,33). The smallest absolute Gasteiger partial charge is 0.255 e. The van der Waals surface area contributed by atoms with Gasteiger partial charge in [0.1, 0.15) is 0 Å². The number of pyridine rings is 1. The maximum absolute atomic E-state index is 12.9. The Balaban J connectivity index is 1.25. The van der Waals surface area contributed by atoms with E-state index < -0.39 is 0 Å². The van der Waals surface area contributed by atoms with E-state index in [1.165, 1.54) is 12.4 Å². The van der Waals surface area contributed by atoms with Crippen LogP contribution in [0.2, 0.25) is 0 Å². The summed E-state index contributed by atoms with van der Waals surface area (Å²) in [6.45, 7) is 4.44. The fourth-order valence-corrected chi connectivity index (χ4v) is 4.19. The molecule has 0 unspecified atom stereocenters. The van der Waals surface area contributed by atoms with Gasteiger partial charge in [0.25, 0.3) is 5.91 Å². The van der Waals surface area contributed by atoms with Crippen molar-refractivity contribution >= 4 is 29.1 Å². The van der Waals surface area contributed by atoms with E-state index in [1.807, 2.05) is 37.3 Å². The lowest BCUT2D eigenvalue weighted by Gasteiger charge is -2.26. The topological polar surface area (TPSA) is 126 Å². The van der Waals surface area contributed by atoms with Crippen molar-refractivity contribution in [1.82, 2.24) is 20.2 Å². The van der Waals surface area contributed by atoms with Gasteiger partial charge in [-0.3, -0.25) is 14.5 Å². The Morgan fingerprint density at radius 3 is 2.79 bits per heavy atom. The number of benzene rings is 2. The molecule has 0 aliphatic carbocycles. The van der Waals surface area contributed by atoms with E-state index in [-0.39, 0.29) is 11.8 Å². The summed E-state index contributed by atoms with van der Waals surface area (Å²) in [6, 6.07) is 18.2. The highest BCUT2D eigenvalue weighted by atomic mass is 16.5. The summed E-state index contributed by atoms with van der Waals surface area (Å²) >= 11 is 0. The number of amides is 2. The number of carbonyl (C=O) groups is 2. The molecule has 192 valence electrons. The fourth-order valence-electron chi connectivity index (χ4n) is 4.19. The first kappa shape index (κ1) is 24.8. The maximum atomic E-state index is 12.9. The molecule has 1 saturated heterocycles. The van der Waals surface area contributed by atoms with Gasteiger partial charge in [-0.25, -0.2) is 9.97 Å². The predicted molar refractivity (Wildman–Crippen MR) is 144 cm³/mol. The van der Waals surface area contributed by atoms with E-state index in [0.717, 1.165) is 28.1 Å². The van der Waals surface area contributed by atoms with Gasteiger partial charge in [-0.05, 0) is 54.4 Å². The Labute approximate surface area is 220 Å². The monoisotopic (exact) mass is 509 g/mol. The first-order chi connectivity index (χ1) is 18.4. The van der Waals surface area contributed by atoms with Crippen molar-refractivity contribution in [2.45, 2.75) is 13.5 Å². The minimum Gasteiger partial charge on any atom is -0.619 e. The molecule has 0 saturated carbocycles. The lowest BCUT2D eigenvalue weighted by molar-refractivity contribution is -0.604. The Morgan fingerprint density at radius 2 is 2.00 bits per heavy atom. The van der Waals surface area contributed by atoms with Crippen LogP contribution in [0.15, 0.2) is 79.3 Å². The zero-order chi connectivity index (χ0) is 26.5. The largest absolute Gasteiger partial charge is 0.619 e. The second-order valence-corrected chi connectivity index (χ2v) is 9.08. The van der Waals surface area contributed by atoms with Crippen LogP contribution >= 0.6 is 0 Å². The molecule has 1 aliphatic heterocycles. The van der Waals surface area contributed by atoms with Crippen molar-refractivity contribution in [2.24, 2.45) is 0 Å². The molecule has 2 aromatic carbocycles. The van der Waals surface area contributed by atoms with Crippen LogP contribution in [0, 0.1) is 12.1 Å². The van der Waals surface area contributed by atoms with Crippen molar-refractivity contribution in [3.8, 4) is 11.3 Å². The number of hydrogen-bond acceptors (Lipinski definition) is 7. The quantitative estimate of drug-likeness (QED) is 0.258. The third-order valence-corrected chi connectivity index (χ3v) is 6.21. The molecule has 3 N–H and O–H groups in total. The number of carbonyl (C=O) groups excluding carboxylic acids is 2. The Morgan fingerprint density at radius 1 is 1.16 bits per heavy atom. The second kappa shape index (κ2) is 11.1. The number of anilines is 3. The highest BCUT2D eigenvalue weighted by molar-refractivity contribution is 6.04. The summed E-state index contributed by atoms with van der Waals surface area (Å²) in [4.78, 5) is 35.4. The minimum atomic E-state index is -0.225. The van der Waals surface area contributed by atoms with E-state index in [1.54, 1.807) is 36.5 Å². The Bertz CT molecular complexity index is 1470. The summed E-state index contributed by atoms with van der Waals surface area (Å²) in [5.74, 6) is 0.181. The van der Waals surface area contributed by atoms with Crippen LogP contribution in [0.4, 0.5) is 17.3 Å². The number of hydrogen-bond donors (Lipinski definition) is 3. The lowest BCUT2D eigenvalue weighted by Crippen LogP contribution is -2.47. The van der Waals surface area contributed by atoms with Crippen LogP contribution in [-0.2, 0) is 11.3 Å². The minimum absolute atomic E-state index is 0.0339. The average molecular weight is 510 g/mol. The number of rotatable bonds is 7. The van der Waals surface area contributed by atoms with Gasteiger partial charge in [0, 0.05) is 48.8 Å². The third-order valence-electron chi connectivity index (χ3n) is 6.21. The van der Waals surface area contributed by atoms with E-state index in [9.17, 15) is 14.8 Å². The molecule has 0 spiro atoms. The summed E-state index contributed by atoms with van der Waals surface area (Å²) in [7, 11) is 0. The zero-order valence-electron chi connectivity index (χ0n) is 20.8. The summed E-state index contributed by atoms with van der Waals surface area (Å²) < 4.78 is 0.725. The molecule has 0 radical (unpaired) electrons. The third kappa shape index (κ3) is 6.11. The molecule has 2 aromatic heterocycles. The number of nitrogens with zero attached hydrogens (tertiary/aromatic N) is 4. The molecule has 5 rings (SSSR count). The van der Waals surface area contributed by atoms with Gasteiger partial charge in [0.15, 0.2) is 12.4 Å². The summed E-state index contributed by atoms with van der Waals surface area (Å²) in [6.07, 6.45) is 4.49. The average Bonchev–Trinajstić information content (AvgIpc) is 2.91. The lowest BCUT2D eigenvalue weighted by atomic mass is 10.1. The van der Waals surface area contributed by atoms with Gasteiger partial charge in [-0.1, -0.05) is 18.2 Å². The van der Waals surface area contributed by atoms with Gasteiger partial charge in [-0.15, -0.1) is 0 Å². The van der Waals surface area contributed by atoms with Crippen molar-refractivity contribution in [2.75, 3.05) is 30.3 Å². The van der Waals surface area contributed by atoms with E-state index in [2.05, 4.69) is 30.8 Å². The second-order valence-electron chi connectivity index (χ2n) is 9.08. The van der Waals surface area contributed by atoms with Crippen molar-refractivity contribution in [1.29, 1.82) is 0 Å². The molecule has 10 heteroatoms. The highest BCUT2D eigenvalue weighted by Gasteiger charge is 2.16. The van der Waals surface area contributed by atoms with Gasteiger partial charge < -0.3 is 21.2 Å². The molecule has 0 atom stereocenters. The summed E-state index contributed by atoms with van der Waals surface area (Å²) in [5.41, 5.74) is 5.19.